The van der Waals surface area contributed by atoms with Crippen molar-refractivity contribution in [1.29, 1.82) is 0 Å². The van der Waals surface area contributed by atoms with Crippen LogP contribution in [0.5, 0.6) is 17.2 Å². The van der Waals surface area contributed by atoms with Gasteiger partial charge in [-0.2, -0.15) is 0 Å². The van der Waals surface area contributed by atoms with Gasteiger partial charge in [0.05, 0.1) is 35.8 Å². The molecule has 2 aromatic rings. The smallest absolute Gasteiger partial charge is 0.409 e. The molecule has 1 heterocycles. The summed E-state index contributed by atoms with van der Waals surface area (Å²) in [5.74, 6) is -0.754. The lowest BCUT2D eigenvalue weighted by molar-refractivity contribution is -0.384. The number of aliphatic hydroxyl groups is 2. The Labute approximate surface area is 317 Å². The molecule has 5 rings (SSSR count). The molecule has 2 aromatic carbocycles. The van der Waals surface area contributed by atoms with Gasteiger partial charge >= 0.3 is 6.09 Å². The number of carbonyl (C=O) groups excluding carboxylic acids is 1. The molecule has 1 aliphatic heterocycles. The van der Waals surface area contributed by atoms with E-state index in [1.54, 1.807) is 37.4 Å². The normalized spacial score (nSPS) is 24.6. The number of allylic oxidation sites excluding steroid dienone is 1. The summed E-state index contributed by atoms with van der Waals surface area (Å²) in [6, 6.07) is 10.8. The standard InChI is InChI=1S/C41H53N3O10/c1-5-8-23-50-40(47)43(4)37-27-35(42-52-7-3)33-24-28(14-9-11-20-45)32(17-10-12-21-46)38-34-26-31(53-30-16-13-15-29(25-30)44(48)49)18-19-36(34)54-41(37,39(33)38)51-22-6-2/h5-6,13,15-16,18-19,24-26,28,32,37-39,45-46H,1-2,7-12,14,17,20-23,27H2,3-4H3/t28-,32+,37-,38+,39+,41+/m0/s1. The van der Waals surface area contributed by atoms with Crippen molar-refractivity contribution in [2.24, 2.45) is 22.9 Å². The zero-order valence-electron chi connectivity index (χ0n) is 31.3. The van der Waals surface area contributed by atoms with Gasteiger partial charge in [0, 0.05) is 44.2 Å². The van der Waals surface area contributed by atoms with Crippen LogP contribution in [0, 0.1) is 27.9 Å². The van der Waals surface area contributed by atoms with Crippen molar-refractivity contribution in [2.75, 3.05) is 40.1 Å². The molecule has 0 bridgehead atoms. The molecule has 2 N–H and O–H groups in total. The van der Waals surface area contributed by atoms with E-state index in [-0.39, 0.29) is 56.3 Å². The number of hydrogen-bond acceptors (Lipinski definition) is 11. The van der Waals surface area contributed by atoms with Crippen molar-refractivity contribution in [3.63, 3.8) is 0 Å². The number of rotatable bonds is 20. The largest absolute Gasteiger partial charge is 0.459 e. The number of amides is 1. The van der Waals surface area contributed by atoms with Crippen LogP contribution in [0.15, 0.2) is 84.6 Å². The Hall–Kier alpha value is -4.72. The molecule has 6 atom stereocenters. The number of nitro benzene ring substituents is 1. The summed E-state index contributed by atoms with van der Waals surface area (Å²) in [4.78, 5) is 32.0. The van der Waals surface area contributed by atoms with Crippen LogP contribution in [0.2, 0.25) is 0 Å². The molecule has 13 heteroatoms. The average Bonchev–Trinajstić information content (AvgIpc) is 3.17. The second-order valence-electron chi connectivity index (χ2n) is 13.8. The lowest BCUT2D eigenvalue weighted by Gasteiger charge is -2.59. The molecule has 54 heavy (non-hydrogen) atoms. The summed E-state index contributed by atoms with van der Waals surface area (Å²) in [6.07, 6.45) is 10.2. The molecule has 0 saturated heterocycles. The monoisotopic (exact) mass is 747 g/mol. The van der Waals surface area contributed by atoms with Crippen LogP contribution < -0.4 is 9.47 Å². The van der Waals surface area contributed by atoms with E-state index in [0.29, 0.717) is 48.8 Å². The minimum Gasteiger partial charge on any atom is -0.459 e. The van der Waals surface area contributed by atoms with Gasteiger partial charge in [-0.15, -0.1) is 13.2 Å². The van der Waals surface area contributed by atoms with E-state index in [4.69, 9.17) is 23.8 Å². The third kappa shape index (κ3) is 8.80. The first kappa shape index (κ1) is 40.5. The highest BCUT2D eigenvalue weighted by Crippen LogP contribution is 2.62. The molecule has 0 aromatic heterocycles. The quantitative estimate of drug-likeness (QED) is 0.0595. The van der Waals surface area contributed by atoms with Crippen LogP contribution in [-0.2, 0) is 14.3 Å². The van der Waals surface area contributed by atoms with E-state index in [1.165, 1.54) is 17.0 Å². The van der Waals surface area contributed by atoms with Crippen molar-refractivity contribution in [1.82, 2.24) is 4.90 Å². The number of benzene rings is 2. The van der Waals surface area contributed by atoms with Gasteiger partial charge in [-0.25, -0.2) is 4.79 Å². The van der Waals surface area contributed by atoms with Crippen LogP contribution in [0.3, 0.4) is 0 Å². The third-order valence-electron chi connectivity index (χ3n) is 10.5. The summed E-state index contributed by atoms with van der Waals surface area (Å²) in [7, 11) is 1.68. The van der Waals surface area contributed by atoms with Gasteiger partial charge in [0.2, 0.25) is 5.79 Å². The number of nitro groups is 1. The zero-order chi connectivity index (χ0) is 38.7. The van der Waals surface area contributed by atoms with Crippen LogP contribution in [0.1, 0.15) is 69.8 Å². The molecule has 1 fully saturated rings. The summed E-state index contributed by atoms with van der Waals surface area (Å²) >= 11 is 0. The van der Waals surface area contributed by atoms with Crippen molar-refractivity contribution >= 4 is 17.5 Å². The lowest BCUT2D eigenvalue weighted by Crippen LogP contribution is -2.69. The topological polar surface area (TPSA) is 162 Å². The minimum absolute atomic E-state index is 0.0170. The van der Waals surface area contributed by atoms with Crippen LogP contribution in [0.25, 0.3) is 0 Å². The van der Waals surface area contributed by atoms with Crippen LogP contribution in [-0.4, -0.2) is 83.8 Å². The fraction of sp³-hybridized carbons (Fsp3) is 0.512. The number of hydrogen-bond donors (Lipinski definition) is 2. The fourth-order valence-electron chi connectivity index (χ4n) is 8.19. The predicted molar refractivity (Wildman–Crippen MR) is 204 cm³/mol. The highest BCUT2D eigenvalue weighted by molar-refractivity contribution is 6.02. The first-order valence-corrected chi connectivity index (χ1v) is 18.9. The molecular formula is C41H53N3O10. The van der Waals surface area contributed by atoms with Gasteiger partial charge in [0.25, 0.3) is 5.69 Å². The van der Waals surface area contributed by atoms with Crippen molar-refractivity contribution in [2.45, 2.75) is 76.0 Å². The summed E-state index contributed by atoms with van der Waals surface area (Å²) < 4.78 is 25.8. The first-order chi connectivity index (χ1) is 26.2. The number of nitrogens with zero attached hydrogens (tertiary/aromatic N) is 3. The Morgan fingerprint density at radius 2 is 1.85 bits per heavy atom. The van der Waals surface area contributed by atoms with Crippen molar-refractivity contribution in [3.8, 4) is 17.2 Å². The number of ether oxygens (including phenoxy) is 4. The average molecular weight is 748 g/mol. The summed E-state index contributed by atoms with van der Waals surface area (Å²) in [5.41, 5.74) is 2.36. The van der Waals surface area contributed by atoms with Crippen LogP contribution >= 0.6 is 0 Å². The van der Waals surface area contributed by atoms with E-state index < -0.39 is 28.8 Å². The molecule has 13 nitrogen and oxygen atoms in total. The number of carbonyl (C=O) groups is 1. The molecule has 1 amide bonds. The fourth-order valence-corrected chi connectivity index (χ4v) is 8.19. The van der Waals surface area contributed by atoms with Gasteiger partial charge in [-0.3, -0.25) is 10.1 Å². The van der Waals surface area contributed by atoms with Gasteiger partial charge in [-0.1, -0.05) is 42.3 Å². The molecule has 0 spiro atoms. The van der Waals surface area contributed by atoms with Crippen molar-refractivity contribution in [3.05, 3.63) is 95.1 Å². The maximum Gasteiger partial charge on any atom is 0.409 e. The van der Waals surface area contributed by atoms with E-state index in [9.17, 15) is 25.1 Å². The Morgan fingerprint density at radius 3 is 2.56 bits per heavy atom. The molecule has 0 unspecified atom stereocenters. The summed E-state index contributed by atoms with van der Waals surface area (Å²) in [5, 5.41) is 35.7. The predicted octanol–water partition coefficient (Wildman–Crippen LogP) is 7.69. The van der Waals surface area contributed by atoms with Crippen molar-refractivity contribution < 1.29 is 43.7 Å². The van der Waals surface area contributed by atoms with E-state index >= 15 is 0 Å². The zero-order valence-corrected chi connectivity index (χ0v) is 31.3. The molecule has 0 radical (unpaired) electrons. The summed E-state index contributed by atoms with van der Waals surface area (Å²) in [6.45, 7) is 10.3. The molecule has 292 valence electrons. The van der Waals surface area contributed by atoms with Gasteiger partial charge in [0.1, 0.15) is 29.9 Å². The number of unbranched alkanes of at least 4 members (excludes halogenated alkanes) is 2. The number of likely N-dealkylation sites (N-methyl/N-ethyl adjacent to an activating group) is 1. The Balaban J connectivity index is 1.73. The lowest BCUT2D eigenvalue weighted by atomic mass is 9.55. The molecule has 2 aliphatic carbocycles. The Bertz CT molecular complexity index is 1690. The van der Waals surface area contributed by atoms with Gasteiger partial charge in [-0.05, 0) is 80.7 Å². The number of non-ortho nitro benzene ring substituents is 1. The Kier molecular flexibility index (Phi) is 14.3. The highest BCUT2D eigenvalue weighted by atomic mass is 16.7. The second-order valence-corrected chi connectivity index (χ2v) is 13.8. The second kappa shape index (κ2) is 19.0. The maximum atomic E-state index is 13.7. The molecular weight excluding hydrogens is 694 g/mol. The maximum absolute atomic E-state index is 13.7. The minimum atomic E-state index is -1.41. The van der Waals surface area contributed by atoms with E-state index in [1.807, 2.05) is 19.1 Å². The SMILES string of the molecule is C=CCCOC(=O)N(C)[C@H]1CC(=NOCC)C2=C[C@H](CCCCO)[C@@H](CCCCO)[C@@H]3c4cc(Oc5cccc([N+](=O)[O-])c5)ccc4O[C@@]1(OCC=C)[C@H]23. The molecule has 1 saturated carbocycles. The van der Waals surface area contributed by atoms with Gasteiger partial charge < -0.3 is 38.9 Å². The third-order valence-corrected chi connectivity index (χ3v) is 10.5. The Morgan fingerprint density at radius 1 is 1.09 bits per heavy atom. The first-order valence-electron chi connectivity index (χ1n) is 18.9. The van der Waals surface area contributed by atoms with E-state index in [0.717, 1.165) is 36.8 Å². The van der Waals surface area contributed by atoms with Gasteiger partial charge in [0.15, 0.2) is 0 Å². The highest BCUT2D eigenvalue weighted by Gasteiger charge is 2.65. The number of aliphatic hydroxyl groups excluding tert-OH is 2. The number of fused-ring (bicyclic) bond motifs is 2. The van der Waals surface area contributed by atoms with E-state index in [2.05, 4.69) is 24.4 Å². The molecule has 3 aliphatic rings. The number of oxime groups is 1. The van der Waals surface area contributed by atoms with Crippen LogP contribution in [0.4, 0.5) is 10.5 Å².